The second-order valence-corrected chi connectivity index (χ2v) is 6.97. The molecule has 0 aliphatic heterocycles. The van der Waals surface area contributed by atoms with Gasteiger partial charge < -0.3 is 18.6 Å². The maximum absolute atomic E-state index is 5.48. The molecule has 0 aliphatic rings. The van der Waals surface area contributed by atoms with Crippen LogP contribution in [-0.2, 0) is 13.3 Å². The summed E-state index contributed by atoms with van der Waals surface area (Å²) in [6.07, 6.45) is 4.63. The highest BCUT2D eigenvalue weighted by atomic mass is 28.4. The van der Waals surface area contributed by atoms with E-state index < -0.39 is 8.80 Å². The van der Waals surface area contributed by atoms with E-state index in [1.807, 2.05) is 0 Å². The van der Waals surface area contributed by atoms with Crippen molar-refractivity contribution in [1.82, 2.24) is 5.32 Å². The lowest BCUT2D eigenvalue weighted by atomic mass is 10.2. The molecule has 0 saturated heterocycles. The van der Waals surface area contributed by atoms with Crippen molar-refractivity contribution in [2.75, 3.05) is 27.9 Å². The number of unbranched alkanes of at least 4 members (excludes halogenated alkanes) is 2. The average molecular weight is 249 g/mol. The molecule has 1 N–H and O–H groups in total. The first-order valence-corrected chi connectivity index (χ1v) is 7.89. The van der Waals surface area contributed by atoms with Gasteiger partial charge in [-0.05, 0) is 19.4 Å². The van der Waals surface area contributed by atoms with Crippen molar-refractivity contribution in [3.8, 4) is 0 Å². The molecule has 0 aliphatic carbocycles. The Morgan fingerprint density at radius 2 is 1.56 bits per heavy atom. The van der Waals surface area contributed by atoms with Gasteiger partial charge in [-0.2, -0.15) is 0 Å². The quantitative estimate of drug-likeness (QED) is 0.474. The van der Waals surface area contributed by atoms with E-state index in [9.17, 15) is 0 Å². The van der Waals surface area contributed by atoms with Gasteiger partial charge in [0.05, 0.1) is 5.67 Å². The Kier molecular flexibility index (Phi) is 9.16. The minimum absolute atomic E-state index is 0.185. The van der Waals surface area contributed by atoms with Gasteiger partial charge in [0.15, 0.2) is 0 Å². The predicted molar refractivity (Wildman–Crippen MR) is 68.4 cm³/mol. The van der Waals surface area contributed by atoms with Crippen LogP contribution < -0.4 is 5.32 Å². The van der Waals surface area contributed by atoms with Gasteiger partial charge in [-0.25, -0.2) is 0 Å². The molecule has 16 heavy (non-hydrogen) atoms. The van der Waals surface area contributed by atoms with E-state index in [2.05, 4.69) is 19.2 Å². The lowest BCUT2D eigenvalue weighted by Crippen LogP contribution is -2.60. The molecule has 0 heterocycles. The zero-order valence-electron chi connectivity index (χ0n) is 11.3. The van der Waals surface area contributed by atoms with Crippen LogP contribution in [0.4, 0.5) is 0 Å². The summed E-state index contributed by atoms with van der Waals surface area (Å²) in [5.74, 6) is 0. The van der Waals surface area contributed by atoms with E-state index in [4.69, 9.17) is 13.3 Å². The van der Waals surface area contributed by atoms with Gasteiger partial charge >= 0.3 is 8.80 Å². The normalized spacial score (nSPS) is 14.1. The fraction of sp³-hybridized carbons (Fsp3) is 1.00. The lowest BCUT2D eigenvalue weighted by Gasteiger charge is -2.32. The van der Waals surface area contributed by atoms with E-state index in [0.717, 1.165) is 13.0 Å². The molecule has 0 aromatic rings. The molecule has 0 aromatic heterocycles. The Balaban J connectivity index is 4.21. The average Bonchev–Trinajstić information content (AvgIpc) is 2.34. The summed E-state index contributed by atoms with van der Waals surface area (Å²) in [6, 6.07) is 0. The van der Waals surface area contributed by atoms with Gasteiger partial charge in [-0.15, -0.1) is 0 Å². The van der Waals surface area contributed by atoms with Crippen molar-refractivity contribution in [3.05, 3.63) is 0 Å². The first kappa shape index (κ1) is 16.1. The highest BCUT2D eigenvalue weighted by Gasteiger charge is 2.46. The molecule has 0 bridgehead atoms. The Labute approximate surface area is 101 Å². The van der Waals surface area contributed by atoms with Crippen LogP contribution in [0.25, 0.3) is 0 Å². The molecule has 0 saturated carbocycles. The van der Waals surface area contributed by atoms with Crippen molar-refractivity contribution >= 4 is 8.80 Å². The van der Waals surface area contributed by atoms with Crippen LogP contribution in [-0.4, -0.2) is 42.3 Å². The summed E-state index contributed by atoms with van der Waals surface area (Å²) in [7, 11) is 2.47. The van der Waals surface area contributed by atoms with Gasteiger partial charge in [0, 0.05) is 21.3 Å². The Bertz CT molecular complexity index is 157. The number of hydrogen-bond donors (Lipinski definition) is 1. The maximum atomic E-state index is 5.48. The number of rotatable bonds is 10. The monoisotopic (exact) mass is 249 g/mol. The second kappa shape index (κ2) is 9.12. The lowest BCUT2D eigenvalue weighted by molar-refractivity contribution is 0.106. The minimum atomic E-state index is -2.52. The van der Waals surface area contributed by atoms with Crippen molar-refractivity contribution in [1.29, 1.82) is 0 Å². The summed E-state index contributed by atoms with van der Waals surface area (Å²) in [4.78, 5) is 0. The largest absolute Gasteiger partial charge is 0.517 e. The summed E-state index contributed by atoms with van der Waals surface area (Å²) in [5.41, 5.74) is 0.185. The third kappa shape index (κ3) is 4.51. The van der Waals surface area contributed by atoms with E-state index in [0.29, 0.717) is 0 Å². The molecule has 0 rings (SSSR count). The molecule has 0 radical (unpaired) electrons. The second-order valence-electron chi connectivity index (χ2n) is 3.84. The van der Waals surface area contributed by atoms with Crippen LogP contribution in [0.3, 0.4) is 0 Å². The van der Waals surface area contributed by atoms with Crippen LogP contribution in [0.15, 0.2) is 0 Å². The van der Waals surface area contributed by atoms with Crippen molar-refractivity contribution in [2.45, 2.75) is 45.2 Å². The van der Waals surface area contributed by atoms with Crippen molar-refractivity contribution < 1.29 is 13.3 Å². The molecule has 4 nitrogen and oxygen atoms in total. The Morgan fingerprint density at radius 1 is 1.00 bits per heavy atom. The van der Waals surface area contributed by atoms with Crippen molar-refractivity contribution in [3.63, 3.8) is 0 Å². The van der Waals surface area contributed by atoms with E-state index in [-0.39, 0.29) is 5.67 Å². The van der Waals surface area contributed by atoms with Crippen molar-refractivity contribution in [2.24, 2.45) is 0 Å². The van der Waals surface area contributed by atoms with Crippen LogP contribution >= 0.6 is 0 Å². The molecule has 0 fully saturated rings. The highest BCUT2D eigenvalue weighted by molar-refractivity contribution is 6.62. The maximum Gasteiger partial charge on any atom is 0.517 e. The highest BCUT2D eigenvalue weighted by Crippen LogP contribution is 2.14. The molecular formula is C11H27NO3Si. The predicted octanol–water partition coefficient (Wildman–Crippen LogP) is 1.96. The van der Waals surface area contributed by atoms with Gasteiger partial charge in [0.2, 0.25) is 0 Å². The zero-order chi connectivity index (χ0) is 12.4. The van der Waals surface area contributed by atoms with Gasteiger partial charge in [-0.3, -0.25) is 0 Å². The van der Waals surface area contributed by atoms with Crippen LogP contribution in [0, 0.1) is 0 Å². The van der Waals surface area contributed by atoms with Crippen LogP contribution in [0.5, 0.6) is 0 Å². The first-order valence-electron chi connectivity index (χ1n) is 6.09. The van der Waals surface area contributed by atoms with E-state index in [1.54, 1.807) is 21.3 Å². The fourth-order valence-corrected chi connectivity index (χ4v) is 4.10. The summed E-state index contributed by atoms with van der Waals surface area (Å²) < 4.78 is 16.4. The number of nitrogens with one attached hydrogen (secondary N) is 1. The SMILES string of the molecule is CCCCCNC(CC)[Si](OC)(OC)OC. The molecule has 0 amide bonds. The third-order valence-corrected chi connectivity index (χ3v) is 6.03. The van der Waals surface area contributed by atoms with Crippen LogP contribution in [0.2, 0.25) is 0 Å². The molecule has 1 unspecified atom stereocenters. The number of hydrogen-bond acceptors (Lipinski definition) is 4. The van der Waals surface area contributed by atoms with Gasteiger partial charge in [-0.1, -0.05) is 26.7 Å². The molecule has 1 atom stereocenters. The molecular weight excluding hydrogens is 222 g/mol. The van der Waals surface area contributed by atoms with Gasteiger partial charge in [0.25, 0.3) is 0 Å². The standard InChI is InChI=1S/C11H27NO3Si/c1-6-8-9-10-12-11(7-2)16(13-3,14-4)15-5/h11-12H,6-10H2,1-5H3. The molecule has 5 heteroatoms. The summed E-state index contributed by atoms with van der Waals surface area (Å²) >= 11 is 0. The summed E-state index contributed by atoms with van der Waals surface area (Å²) in [6.45, 7) is 5.32. The minimum Gasteiger partial charge on any atom is -0.376 e. The topological polar surface area (TPSA) is 39.7 Å². The molecule has 0 spiro atoms. The van der Waals surface area contributed by atoms with E-state index >= 15 is 0 Å². The smallest absolute Gasteiger partial charge is 0.376 e. The summed E-state index contributed by atoms with van der Waals surface area (Å²) in [5, 5.41) is 3.48. The Morgan fingerprint density at radius 3 is 1.94 bits per heavy atom. The first-order chi connectivity index (χ1) is 7.70. The van der Waals surface area contributed by atoms with Crippen LogP contribution in [0.1, 0.15) is 39.5 Å². The fourth-order valence-electron chi connectivity index (χ4n) is 1.85. The molecule has 0 aromatic carbocycles. The molecule has 98 valence electrons. The zero-order valence-corrected chi connectivity index (χ0v) is 12.3. The van der Waals surface area contributed by atoms with E-state index in [1.165, 1.54) is 19.3 Å². The van der Waals surface area contributed by atoms with Gasteiger partial charge in [0.1, 0.15) is 0 Å². The third-order valence-electron chi connectivity index (χ3n) is 2.86. The Hall–Kier alpha value is 0.0569.